The Bertz CT molecular complexity index is 1230. The lowest BCUT2D eigenvalue weighted by molar-refractivity contribution is -0.117. The summed E-state index contributed by atoms with van der Waals surface area (Å²) in [5.74, 6) is 1.21. The monoisotopic (exact) mass is 464 g/mol. The molecule has 6 rings (SSSR count). The lowest BCUT2D eigenvalue weighted by Gasteiger charge is -2.25. The summed E-state index contributed by atoms with van der Waals surface area (Å²) in [4.78, 5) is 28.2. The van der Waals surface area contributed by atoms with Crippen LogP contribution in [0.15, 0.2) is 24.4 Å². The molecule has 3 atom stereocenters. The molecular weight excluding hydrogens is 439 g/mol. The van der Waals surface area contributed by atoms with Gasteiger partial charge in [0.2, 0.25) is 17.8 Å². The Balaban J connectivity index is 1.24. The average molecular weight is 465 g/mol. The fourth-order valence-electron chi connectivity index (χ4n) is 4.83. The van der Waals surface area contributed by atoms with Crippen LogP contribution in [0.5, 0.6) is 0 Å². The minimum absolute atomic E-state index is 0.120. The van der Waals surface area contributed by atoms with Crippen LogP contribution in [-0.2, 0) is 17.6 Å². The highest BCUT2D eigenvalue weighted by molar-refractivity contribution is 5.96. The standard InChI is InChI=1S/C23H25FN8O2/c24-19-7-6-12(11-25-19)26-22(34)17-5-2-8-32(17)23-27-15-4-1-3-13(15)21(29-23)28-20-10-16(30-31-20)14-9-18(14)33/h6-7,10-11,14,17-18,33H,1-5,8-9H2,(H,26,34)(H2,27,28,29,30,31). The molecule has 1 aliphatic heterocycles. The Morgan fingerprint density at radius 3 is 2.91 bits per heavy atom. The predicted molar refractivity (Wildman–Crippen MR) is 122 cm³/mol. The molecule has 3 unspecified atom stereocenters. The highest BCUT2D eigenvalue weighted by Crippen LogP contribution is 2.40. The van der Waals surface area contributed by atoms with E-state index in [2.05, 4.69) is 25.8 Å². The Hall–Kier alpha value is -3.60. The van der Waals surface area contributed by atoms with E-state index in [1.54, 1.807) is 0 Å². The number of halogens is 1. The third-order valence-electron chi connectivity index (χ3n) is 6.73. The van der Waals surface area contributed by atoms with Gasteiger partial charge >= 0.3 is 0 Å². The topological polar surface area (TPSA) is 132 Å². The summed E-state index contributed by atoms with van der Waals surface area (Å²) in [6.45, 7) is 0.671. The number of H-pyrrole nitrogens is 1. The maximum absolute atomic E-state index is 13.1. The van der Waals surface area contributed by atoms with Gasteiger partial charge in [-0.25, -0.2) is 9.97 Å². The second-order valence-electron chi connectivity index (χ2n) is 9.10. The number of carbonyl (C=O) groups is 1. The van der Waals surface area contributed by atoms with Gasteiger partial charge in [0.1, 0.15) is 11.9 Å². The minimum atomic E-state index is -0.593. The Morgan fingerprint density at radius 1 is 1.24 bits per heavy atom. The molecule has 0 aromatic carbocycles. The van der Waals surface area contributed by atoms with E-state index in [9.17, 15) is 14.3 Å². The SMILES string of the molecule is O=C(Nc1ccc(F)nc1)C1CCCN1c1nc2c(c(Nc3cc(C4CC4O)[nH]n3)n1)CCC2. The first-order chi connectivity index (χ1) is 16.5. The molecule has 0 spiro atoms. The van der Waals surface area contributed by atoms with Gasteiger partial charge in [0.15, 0.2) is 5.82 Å². The first-order valence-corrected chi connectivity index (χ1v) is 11.6. The first-order valence-electron chi connectivity index (χ1n) is 11.6. The maximum Gasteiger partial charge on any atom is 0.247 e. The van der Waals surface area contributed by atoms with E-state index in [-0.39, 0.29) is 17.9 Å². The summed E-state index contributed by atoms with van der Waals surface area (Å²) in [6, 6.07) is 4.19. The van der Waals surface area contributed by atoms with Gasteiger partial charge in [-0.2, -0.15) is 14.5 Å². The number of anilines is 4. The maximum atomic E-state index is 13.1. The number of aromatic nitrogens is 5. The fourth-order valence-corrected chi connectivity index (χ4v) is 4.83. The van der Waals surface area contributed by atoms with E-state index >= 15 is 0 Å². The van der Waals surface area contributed by atoms with Gasteiger partial charge in [0.25, 0.3) is 0 Å². The van der Waals surface area contributed by atoms with Crippen LogP contribution in [0.4, 0.5) is 27.7 Å². The number of rotatable bonds is 6. The molecule has 2 fully saturated rings. The van der Waals surface area contributed by atoms with Gasteiger partial charge in [-0.05, 0) is 50.7 Å². The van der Waals surface area contributed by atoms with Crippen LogP contribution >= 0.6 is 0 Å². The number of aliphatic hydroxyl groups excluding tert-OH is 1. The second-order valence-corrected chi connectivity index (χ2v) is 9.10. The molecule has 4 heterocycles. The zero-order chi connectivity index (χ0) is 23.2. The molecule has 2 aliphatic carbocycles. The zero-order valence-electron chi connectivity index (χ0n) is 18.5. The number of pyridine rings is 1. The summed E-state index contributed by atoms with van der Waals surface area (Å²) in [6.07, 6.45) is 6.03. The van der Waals surface area contributed by atoms with Crippen molar-refractivity contribution in [2.24, 2.45) is 0 Å². The van der Waals surface area contributed by atoms with Crippen LogP contribution in [0.1, 0.15) is 48.6 Å². The van der Waals surface area contributed by atoms with Crippen molar-refractivity contribution < 1.29 is 14.3 Å². The van der Waals surface area contributed by atoms with E-state index in [0.29, 0.717) is 36.2 Å². The van der Waals surface area contributed by atoms with Gasteiger partial charge in [0.05, 0.1) is 23.7 Å². The summed E-state index contributed by atoms with van der Waals surface area (Å²) >= 11 is 0. The summed E-state index contributed by atoms with van der Waals surface area (Å²) in [5.41, 5.74) is 3.44. The molecule has 4 N–H and O–H groups in total. The summed E-state index contributed by atoms with van der Waals surface area (Å²) in [5, 5.41) is 23.2. The highest BCUT2D eigenvalue weighted by atomic mass is 19.1. The van der Waals surface area contributed by atoms with Crippen LogP contribution in [0.3, 0.4) is 0 Å². The fraction of sp³-hybridized carbons (Fsp3) is 0.435. The highest BCUT2D eigenvalue weighted by Gasteiger charge is 2.38. The summed E-state index contributed by atoms with van der Waals surface area (Å²) in [7, 11) is 0. The van der Waals surface area contributed by atoms with Crippen LogP contribution in [0, 0.1) is 5.95 Å². The van der Waals surface area contributed by atoms with Crippen molar-refractivity contribution in [1.82, 2.24) is 25.1 Å². The molecule has 3 aromatic heterocycles. The van der Waals surface area contributed by atoms with Crippen LogP contribution in [0.25, 0.3) is 0 Å². The van der Waals surface area contributed by atoms with E-state index in [0.717, 1.165) is 49.1 Å². The molecule has 0 bridgehead atoms. The first kappa shape index (κ1) is 21.0. The zero-order valence-corrected chi connectivity index (χ0v) is 18.5. The third-order valence-corrected chi connectivity index (χ3v) is 6.73. The van der Waals surface area contributed by atoms with Crippen LogP contribution in [0.2, 0.25) is 0 Å². The Labute approximate surface area is 195 Å². The van der Waals surface area contributed by atoms with Gasteiger partial charge in [0, 0.05) is 29.8 Å². The second kappa shape index (κ2) is 8.32. The van der Waals surface area contributed by atoms with Crippen LogP contribution in [-0.4, -0.2) is 54.9 Å². The number of carbonyl (C=O) groups excluding carboxylic acids is 1. The van der Waals surface area contributed by atoms with Crippen molar-refractivity contribution in [2.75, 3.05) is 22.1 Å². The van der Waals surface area contributed by atoms with Gasteiger partial charge in [-0.3, -0.25) is 9.89 Å². The largest absolute Gasteiger partial charge is 0.392 e. The molecule has 3 aromatic rings. The molecule has 11 heteroatoms. The van der Waals surface area contributed by atoms with Crippen molar-refractivity contribution >= 4 is 29.2 Å². The molecule has 3 aliphatic rings. The molecular formula is C23H25FN8O2. The number of nitrogens with one attached hydrogen (secondary N) is 3. The van der Waals surface area contributed by atoms with E-state index in [1.807, 2.05) is 11.0 Å². The predicted octanol–water partition coefficient (Wildman–Crippen LogP) is 2.42. The number of hydrogen-bond donors (Lipinski definition) is 4. The normalized spacial score (nSPS) is 23.1. The van der Waals surface area contributed by atoms with Gasteiger partial charge < -0.3 is 20.6 Å². The number of aryl methyl sites for hydroxylation is 1. The lowest BCUT2D eigenvalue weighted by Crippen LogP contribution is -2.40. The molecule has 1 saturated carbocycles. The molecule has 1 amide bonds. The molecule has 176 valence electrons. The van der Waals surface area contributed by atoms with Crippen molar-refractivity contribution in [1.29, 1.82) is 0 Å². The molecule has 1 saturated heterocycles. The molecule has 0 radical (unpaired) electrons. The number of hydrogen-bond acceptors (Lipinski definition) is 8. The number of aliphatic hydroxyl groups is 1. The average Bonchev–Trinajstić information content (AvgIpc) is 3.29. The number of aromatic amines is 1. The number of fused-ring (bicyclic) bond motifs is 1. The van der Waals surface area contributed by atoms with Crippen LogP contribution < -0.4 is 15.5 Å². The van der Waals surface area contributed by atoms with E-state index in [1.165, 1.54) is 18.3 Å². The molecule has 10 nitrogen and oxygen atoms in total. The summed E-state index contributed by atoms with van der Waals surface area (Å²) < 4.78 is 13.1. The van der Waals surface area contributed by atoms with Crippen molar-refractivity contribution in [3.63, 3.8) is 0 Å². The molecule has 34 heavy (non-hydrogen) atoms. The Morgan fingerprint density at radius 2 is 2.12 bits per heavy atom. The van der Waals surface area contributed by atoms with Crippen molar-refractivity contribution in [3.8, 4) is 0 Å². The number of nitrogens with zero attached hydrogens (tertiary/aromatic N) is 5. The van der Waals surface area contributed by atoms with Gasteiger partial charge in [-0.1, -0.05) is 0 Å². The smallest absolute Gasteiger partial charge is 0.247 e. The lowest BCUT2D eigenvalue weighted by atomic mass is 10.2. The Kier molecular flexibility index (Phi) is 5.13. The van der Waals surface area contributed by atoms with Crippen molar-refractivity contribution in [2.45, 2.75) is 56.6 Å². The minimum Gasteiger partial charge on any atom is -0.392 e. The van der Waals surface area contributed by atoms with E-state index < -0.39 is 12.0 Å². The van der Waals surface area contributed by atoms with E-state index in [4.69, 9.17) is 9.97 Å². The third kappa shape index (κ3) is 3.96. The number of amides is 1. The van der Waals surface area contributed by atoms with Gasteiger partial charge in [-0.15, -0.1) is 0 Å². The quantitative estimate of drug-likeness (QED) is 0.409. The van der Waals surface area contributed by atoms with Crippen molar-refractivity contribution in [3.05, 3.63) is 47.3 Å².